The van der Waals surface area contributed by atoms with Crippen LogP contribution >= 0.6 is 0 Å². The third kappa shape index (κ3) is 3.74. The van der Waals surface area contributed by atoms with Gasteiger partial charge in [-0.3, -0.25) is 0 Å². The van der Waals surface area contributed by atoms with Crippen molar-refractivity contribution in [3.8, 4) is 5.69 Å². The van der Waals surface area contributed by atoms with Gasteiger partial charge in [-0.25, -0.2) is 0 Å². The summed E-state index contributed by atoms with van der Waals surface area (Å²) in [6.07, 6.45) is 0. The van der Waals surface area contributed by atoms with Gasteiger partial charge in [0.1, 0.15) is 0 Å². The fourth-order valence-electron chi connectivity index (χ4n) is 6.78. The standard InChI is InChI=1S/C37H40BNSe/c1-21-15-30-33-32(16-21)40-31-14-12-23(36(5,6)7)19-27(31)38(33)28-20-24(37(8,9)10)18-26-25-17-22(35(2,3)4)11-13-29(25)39(30)34(26)28/h11-20H,1-10H3. The van der Waals surface area contributed by atoms with E-state index in [1.807, 2.05) is 0 Å². The van der Waals surface area contributed by atoms with E-state index >= 15 is 0 Å². The molecule has 0 radical (unpaired) electrons. The Bertz CT molecular complexity index is 1890. The van der Waals surface area contributed by atoms with E-state index in [9.17, 15) is 0 Å². The van der Waals surface area contributed by atoms with Gasteiger partial charge in [0, 0.05) is 0 Å². The number of aryl methyl sites for hydroxylation is 1. The van der Waals surface area contributed by atoms with Gasteiger partial charge in [0.2, 0.25) is 0 Å². The van der Waals surface area contributed by atoms with Crippen LogP contribution in [-0.4, -0.2) is 26.2 Å². The van der Waals surface area contributed by atoms with Crippen LogP contribution in [0.1, 0.15) is 84.6 Å². The van der Waals surface area contributed by atoms with Crippen molar-refractivity contribution in [3.05, 3.63) is 82.9 Å². The summed E-state index contributed by atoms with van der Waals surface area (Å²) in [5, 5.41) is 2.79. The fourth-order valence-corrected chi connectivity index (χ4v) is 9.40. The third-order valence-electron chi connectivity index (χ3n) is 9.13. The Kier molecular flexibility index (Phi) is 5.35. The molecule has 0 unspecified atom stereocenters. The quantitative estimate of drug-likeness (QED) is 0.198. The van der Waals surface area contributed by atoms with E-state index < -0.39 is 0 Å². The second kappa shape index (κ2) is 8.18. The maximum atomic E-state index is 2.62. The average Bonchev–Trinajstić information content (AvgIpc) is 3.18. The normalized spacial score (nSPS) is 14.6. The summed E-state index contributed by atoms with van der Waals surface area (Å²) in [6, 6.07) is 24.6. The van der Waals surface area contributed by atoms with Gasteiger partial charge in [0.25, 0.3) is 0 Å². The van der Waals surface area contributed by atoms with Crippen molar-refractivity contribution in [3.63, 3.8) is 0 Å². The summed E-state index contributed by atoms with van der Waals surface area (Å²) in [5.74, 6) is 0. The molecule has 0 bridgehead atoms. The molecule has 1 aromatic heterocycles. The monoisotopic (exact) mass is 589 g/mol. The summed E-state index contributed by atoms with van der Waals surface area (Å²) in [5.41, 5.74) is 14.6. The van der Waals surface area contributed by atoms with Crippen LogP contribution in [0.3, 0.4) is 0 Å². The van der Waals surface area contributed by atoms with Gasteiger partial charge in [-0.15, -0.1) is 0 Å². The van der Waals surface area contributed by atoms with Gasteiger partial charge in [-0.1, -0.05) is 0 Å². The van der Waals surface area contributed by atoms with E-state index in [0.717, 1.165) is 0 Å². The van der Waals surface area contributed by atoms with Crippen LogP contribution in [0, 0.1) is 6.92 Å². The van der Waals surface area contributed by atoms with Crippen molar-refractivity contribution in [2.75, 3.05) is 0 Å². The number of benzene rings is 4. The zero-order chi connectivity index (χ0) is 28.5. The molecule has 40 heavy (non-hydrogen) atoms. The van der Waals surface area contributed by atoms with E-state index in [1.54, 1.807) is 14.4 Å². The number of rotatable bonds is 0. The Morgan fingerprint density at radius 1 is 0.600 bits per heavy atom. The summed E-state index contributed by atoms with van der Waals surface area (Å²) in [6.45, 7) is 23.6. The van der Waals surface area contributed by atoms with Crippen molar-refractivity contribution in [2.45, 2.75) is 85.5 Å². The van der Waals surface area contributed by atoms with E-state index in [1.165, 1.54) is 60.7 Å². The van der Waals surface area contributed by atoms with Gasteiger partial charge in [-0.05, 0) is 0 Å². The molecule has 5 aromatic rings. The number of hydrogen-bond donors (Lipinski definition) is 0. The molecule has 0 saturated heterocycles. The molecule has 0 fully saturated rings. The van der Waals surface area contributed by atoms with Gasteiger partial charge >= 0.3 is 247 Å². The molecule has 2 aliphatic rings. The molecule has 4 aromatic carbocycles. The third-order valence-corrected chi connectivity index (χ3v) is 11.5. The minimum atomic E-state index is 0.0613. The van der Waals surface area contributed by atoms with Crippen LogP contribution in [0.25, 0.3) is 27.5 Å². The molecule has 2 aliphatic heterocycles. The fraction of sp³-hybridized carbons (Fsp3) is 0.351. The first-order chi connectivity index (χ1) is 18.6. The topological polar surface area (TPSA) is 4.93 Å². The summed E-state index contributed by atoms with van der Waals surface area (Å²) in [4.78, 5) is 0. The molecule has 0 aliphatic carbocycles. The van der Waals surface area contributed by atoms with Crippen molar-refractivity contribution >= 4 is 68.8 Å². The van der Waals surface area contributed by atoms with Crippen molar-refractivity contribution < 1.29 is 0 Å². The van der Waals surface area contributed by atoms with Crippen molar-refractivity contribution in [1.29, 1.82) is 0 Å². The zero-order valence-corrected chi connectivity index (χ0v) is 27.4. The van der Waals surface area contributed by atoms with Gasteiger partial charge in [0.15, 0.2) is 0 Å². The number of nitrogens with zero attached hydrogens (tertiary/aromatic N) is 1. The van der Waals surface area contributed by atoms with Crippen LogP contribution in [0.5, 0.6) is 0 Å². The summed E-state index contributed by atoms with van der Waals surface area (Å²) < 4.78 is 5.72. The van der Waals surface area contributed by atoms with Gasteiger partial charge < -0.3 is 0 Å². The number of hydrogen-bond acceptors (Lipinski definition) is 0. The van der Waals surface area contributed by atoms with E-state index in [0.29, 0.717) is 15.0 Å². The summed E-state index contributed by atoms with van der Waals surface area (Å²) in [7, 11) is 0. The molecule has 0 saturated carbocycles. The van der Waals surface area contributed by atoms with Crippen LogP contribution in [-0.2, 0) is 16.2 Å². The number of aromatic nitrogens is 1. The Labute approximate surface area is 246 Å². The molecule has 3 heterocycles. The second-order valence-electron chi connectivity index (χ2n) is 15.3. The SMILES string of the molecule is Cc1cc2c3c(c1)-n1c4ccc(C(C)(C)C)cc4c4cc(C(C)(C)C)cc(c41)B3c1cc(C(C)(C)C)ccc1[Se]2. The van der Waals surface area contributed by atoms with Crippen LogP contribution in [0.2, 0.25) is 0 Å². The van der Waals surface area contributed by atoms with E-state index in [-0.39, 0.29) is 23.0 Å². The van der Waals surface area contributed by atoms with Crippen molar-refractivity contribution in [2.24, 2.45) is 0 Å². The Balaban J connectivity index is 1.68. The molecule has 3 heteroatoms. The first-order valence-corrected chi connectivity index (χ1v) is 16.4. The van der Waals surface area contributed by atoms with Gasteiger partial charge in [-0.2, -0.15) is 0 Å². The Morgan fingerprint density at radius 2 is 1.20 bits per heavy atom. The molecule has 1 nitrogen and oxygen atoms in total. The second-order valence-corrected chi connectivity index (χ2v) is 17.5. The minimum absolute atomic E-state index is 0.0613. The molecular weight excluding hydrogens is 548 g/mol. The molecule has 0 spiro atoms. The van der Waals surface area contributed by atoms with Crippen LogP contribution < -0.4 is 25.3 Å². The number of fused-ring (bicyclic) bond motifs is 7. The zero-order valence-electron chi connectivity index (χ0n) is 25.7. The average molecular weight is 589 g/mol. The molecule has 202 valence electrons. The first kappa shape index (κ1) is 26.2. The maximum absolute atomic E-state index is 2.62. The molecule has 7 rings (SSSR count). The van der Waals surface area contributed by atoms with Crippen molar-refractivity contribution in [1.82, 2.24) is 4.57 Å². The predicted octanol–water partition coefficient (Wildman–Crippen LogP) is 5.78. The Hall–Kier alpha value is -2.74. The van der Waals surface area contributed by atoms with Crippen LogP contribution in [0.4, 0.5) is 0 Å². The molecule has 0 amide bonds. The Morgan fingerprint density at radius 3 is 1.88 bits per heavy atom. The predicted molar refractivity (Wildman–Crippen MR) is 178 cm³/mol. The van der Waals surface area contributed by atoms with E-state index in [4.69, 9.17) is 0 Å². The molecular formula is C37H40BNSe. The van der Waals surface area contributed by atoms with E-state index in [2.05, 4.69) is 134 Å². The first-order valence-electron chi connectivity index (χ1n) is 14.7. The summed E-state index contributed by atoms with van der Waals surface area (Å²) >= 11 is 0.291. The van der Waals surface area contributed by atoms with Crippen LogP contribution in [0.15, 0.2) is 60.7 Å². The van der Waals surface area contributed by atoms with Gasteiger partial charge in [0.05, 0.1) is 0 Å². The molecule has 0 atom stereocenters. The molecule has 0 N–H and O–H groups in total.